The summed E-state index contributed by atoms with van der Waals surface area (Å²) >= 11 is 0. The summed E-state index contributed by atoms with van der Waals surface area (Å²) in [5, 5.41) is 19.8. The molecule has 0 atom stereocenters. The highest BCUT2D eigenvalue weighted by molar-refractivity contribution is 5.50. The molecule has 1 aromatic rings. The number of rotatable bonds is 4. The van der Waals surface area contributed by atoms with E-state index >= 15 is 0 Å². The maximum atomic E-state index is 12.9. The Morgan fingerprint density at radius 3 is 2.87 bits per heavy atom. The first-order valence-corrected chi connectivity index (χ1v) is 3.98. The number of nitrogens with one attached hydrogen (secondary N) is 1. The topological polar surface area (TPSA) is 84.6 Å². The molecule has 0 bridgehead atoms. The molecule has 0 unspecified atom stereocenters. The van der Waals surface area contributed by atoms with Crippen LogP contribution in [0, 0.1) is 15.9 Å². The van der Waals surface area contributed by atoms with Crippen LogP contribution in [0.5, 0.6) is 5.75 Å². The largest absolute Gasteiger partial charge is 0.502 e. The van der Waals surface area contributed by atoms with Crippen molar-refractivity contribution in [3.63, 3.8) is 0 Å². The standard InChI is InChI=1S/C8H9FN2O4/c1-15-10-4-5-2-6(9)3-7(8(5)12)11(13)14/h2-3,10,12H,4H2,1H3. The summed E-state index contributed by atoms with van der Waals surface area (Å²) in [6, 6.07) is 1.65. The van der Waals surface area contributed by atoms with Gasteiger partial charge in [0.1, 0.15) is 5.82 Å². The van der Waals surface area contributed by atoms with Gasteiger partial charge in [0.2, 0.25) is 0 Å². The van der Waals surface area contributed by atoms with Gasteiger partial charge in [-0.25, -0.2) is 4.39 Å². The fraction of sp³-hybridized carbons (Fsp3) is 0.250. The van der Waals surface area contributed by atoms with Crippen LogP contribution < -0.4 is 5.48 Å². The highest BCUT2D eigenvalue weighted by atomic mass is 19.1. The first kappa shape index (κ1) is 11.3. The molecule has 0 aliphatic rings. The number of hydrogen-bond donors (Lipinski definition) is 2. The Hall–Kier alpha value is -1.73. The molecule has 7 heteroatoms. The van der Waals surface area contributed by atoms with Gasteiger partial charge in [-0.2, -0.15) is 5.48 Å². The Bertz CT molecular complexity index is 383. The third-order valence-electron chi connectivity index (χ3n) is 1.74. The number of nitro groups is 1. The number of aromatic hydroxyl groups is 1. The molecule has 82 valence electrons. The number of hydroxylamine groups is 1. The summed E-state index contributed by atoms with van der Waals surface area (Å²) in [7, 11) is 1.34. The van der Waals surface area contributed by atoms with Crippen LogP contribution in [0.3, 0.4) is 0 Å². The van der Waals surface area contributed by atoms with Crippen molar-refractivity contribution in [3.05, 3.63) is 33.6 Å². The highest BCUT2D eigenvalue weighted by Gasteiger charge is 2.18. The van der Waals surface area contributed by atoms with Gasteiger partial charge in [0.05, 0.1) is 24.6 Å². The molecule has 0 aliphatic carbocycles. The van der Waals surface area contributed by atoms with Crippen molar-refractivity contribution in [3.8, 4) is 5.75 Å². The predicted molar refractivity (Wildman–Crippen MR) is 48.6 cm³/mol. The Balaban J connectivity index is 3.10. The third-order valence-corrected chi connectivity index (χ3v) is 1.74. The van der Waals surface area contributed by atoms with Crippen molar-refractivity contribution >= 4 is 5.69 Å². The van der Waals surface area contributed by atoms with E-state index < -0.39 is 22.2 Å². The quantitative estimate of drug-likeness (QED) is 0.581. The molecule has 0 spiro atoms. The molecule has 1 rings (SSSR count). The van der Waals surface area contributed by atoms with E-state index in [1.165, 1.54) is 7.11 Å². The summed E-state index contributed by atoms with van der Waals surface area (Å²) in [4.78, 5) is 14.1. The molecule has 0 saturated heterocycles. The number of hydrogen-bond acceptors (Lipinski definition) is 5. The van der Waals surface area contributed by atoms with E-state index in [0.717, 1.165) is 6.07 Å². The molecular weight excluding hydrogens is 207 g/mol. The molecule has 0 saturated carbocycles. The van der Waals surface area contributed by atoms with Crippen LogP contribution >= 0.6 is 0 Å². The van der Waals surface area contributed by atoms with Crippen LogP contribution in [0.25, 0.3) is 0 Å². The van der Waals surface area contributed by atoms with Crippen molar-refractivity contribution < 1.29 is 19.3 Å². The van der Waals surface area contributed by atoms with Gasteiger partial charge >= 0.3 is 5.69 Å². The molecule has 2 N–H and O–H groups in total. The lowest BCUT2D eigenvalue weighted by molar-refractivity contribution is -0.386. The number of halogens is 1. The Kier molecular flexibility index (Phi) is 3.53. The van der Waals surface area contributed by atoms with Crippen LogP contribution in [0.4, 0.5) is 10.1 Å². The van der Waals surface area contributed by atoms with Crippen molar-refractivity contribution in [2.24, 2.45) is 0 Å². The molecule has 0 heterocycles. The van der Waals surface area contributed by atoms with Crippen LogP contribution in [-0.4, -0.2) is 17.1 Å². The molecule has 15 heavy (non-hydrogen) atoms. The van der Waals surface area contributed by atoms with Crippen LogP contribution in [-0.2, 0) is 11.4 Å². The number of phenolic OH excluding ortho intramolecular Hbond substituents is 1. The van der Waals surface area contributed by atoms with E-state index in [2.05, 4.69) is 10.3 Å². The smallest absolute Gasteiger partial charge is 0.313 e. The molecule has 1 aromatic carbocycles. The normalized spacial score (nSPS) is 10.3. The molecule has 0 aromatic heterocycles. The Morgan fingerprint density at radius 1 is 1.67 bits per heavy atom. The molecular formula is C8H9FN2O4. The van der Waals surface area contributed by atoms with Crippen LogP contribution in [0.1, 0.15) is 5.56 Å². The lowest BCUT2D eigenvalue weighted by atomic mass is 10.1. The van der Waals surface area contributed by atoms with Crippen LogP contribution in [0.15, 0.2) is 12.1 Å². The Morgan fingerprint density at radius 2 is 2.33 bits per heavy atom. The Labute approximate surface area is 84.4 Å². The van der Waals surface area contributed by atoms with Gasteiger partial charge in [-0.15, -0.1) is 0 Å². The maximum Gasteiger partial charge on any atom is 0.313 e. The molecule has 0 fully saturated rings. The second kappa shape index (κ2) is 4.67. The number of phenols is 1. The summed E-state index contributed by atoms with van der Waals surface area (Å²) in [5.41, 5.74) is 1.74. The van der Waals surface area contributed by atoms with E-state index in [4.69, 9.17) is 0 Å². The second-order valence-corrected chi connectivity index (χ2v) is 2.71. The highest BCUT2D eigenvalue weighted by Crippen LogP contribution is 2.30. The van der Waals surface area contributed by atoms with E-state index in [0.29, 0.717) is 6.07 Å². The first-order valence-electron chi connectivity index (χ1n) is 3.98. The van der Waals surface area contributed by atoms with E-state index in [9.17, 15) is 19.6 Å². The van der Waals surface area contributed by atoms with Gasteiger partial charge in [0.25, 0.3) is 0 Å². The van der Waals surface area contributed by atoms with Crippen molar-refractivity contribution in [1.82, 2.24) is 5.48 Å². The van der Waals surface area contributed by atoms with E-state index in [-0.39, 0.29) is 12.1 Å². The predicted octanol–water partition coefficient (Wildman–Crippen LogP) is 1.09. The molecule has 0 amide bonds. The minimum atomic E-state index is -0.852. The van der Waals surface area contributed by atoms with Crippen LogP contribution in [0.2, 0.25) is 0 Å². The third kappa shape index (κ3) is 2.61. The monoisotopic (exact) mass is 216 g/mol. The van der Waals surface area contributed by atoms with Gasteiger partial charge in [-0.1, -0.05) is 0 Å². The summed E-state index contributed by atoms with van der Waals surface area (Å²) in [6.45, 7) is -0.0269. The summed E-state index contributed by atoms with van der Waals surface area (Å²) in [6.07, 6.45) is 0. The number of nitro benzene ring substituents is 1. The fourth-order valence-corrected chi connectivity index (χ4v) is 1.06. The van der Waals surface area contributed by atoms with Crippen molar-refractivity contribution in [2.75, 3.05) is 7.11 Å². The number of benzene rings is 1. The van der Waals surface area contributed by atoms with Crippen molar-refractivity contribution in [1.29, 1.82) is 0 Å². The zero-order valence-electron chi connectivity index (χ0n) is 7.86. The molecule has 6 nitrogen and oxygen atoms in total. The molecule has 0 radical (unpaired) electrons. The van der Waals surface area contributed by atoms with Gasteiger partial charge in [-0.3, -0.25) is 10.1 Å². The summed E-state index contributed by atoms with van der Waals surface area (Å²) < 4.78 is 12.9. The van der Waals surface area contributed by atoms with Crippen molar-refractivity contribution in [2.45, 2.75) is 6.54 Å². The average molecular weight is 216 g/mol. The zero-order valence-corrected chi connectivity index (χ0v) is 7.86. The minimum absolute atomic E-state index is 0.0269. The SMILES string of the molecule is CONCc1cc(F)cc([N+](=O)[O-])c1O. The van der Waals surface area contributed by atoms with E-state index in [1.54, 1.807) is 0 Å². The molecule has 0 aliphatic heterocycles. The first-order chi connectivity index (χ1) is 7.06. The summed E-state index contributed by atoms with van der Waals surface area (Å²) in [5.74, 6) is -1.35. The van der Waals surface area contributed by atoms with Gasteiger partial charge in [0, 0.05) is 5.56 Å². The average Bonchev–Trinajstić information content (AvgIpc) is 2.18. The lowest BCUT2D eigenvalue weighted by Crippen LogP contribution is -2.11. The number of nitrogens with zero attached hydrogens (tertiary/aromatic N) is 1. The van der Waals surface area contributed by atoms with Gasteiger partial charge in [-0.05, 0) is 6.07 Å². The lowest BCUT2D eigenvalue weighted by Gasteiger charge is -2.05. The maximum absolute atomic E-state index is 12.9. The second-order valence-electron chi connectivity index (χ2n) is 2.71. The fourth-order valence-electron chi connectivity index (χ4n) is 1.06. The zero-order chi connectivity index (χ0) is 11.4. The van der Waals surface area contributed by atoms with Gasteiger partial charge < -0.3 is 9.94 Å². The van der Waals surface area contributed by atoms with E-state index in [1.807, 2.05) is 0 Å². The minimum Gasteiger partial charge on any atom is -0.502 e. The van der Waals surface area contributed by atoms with Gasteiger partial charge in [0.15, 0.2) is 5.75 Å².